The molecule has 0 aromatic carbocycles. The molecular formula is C15H24. The maximum absolute atomic E-state index is 2.63. The van der Waals surface area contributed by atoms with Crippen molar-refractivity contribution in [3.05, 3.63) is 11.6 Å². The average Bonchev–Trinajstić information content (AvgIpc) is 2.61. The van der Waals surface area contributed by atoms with Crippen molar-refractivity contribution < 1.29 is 0 Å². The molecule has 2 unspecified atom stereocenters. The fourth-order valence-electron chi connectivity index (χ4n) is 5.34. The van der Waals surface area contributed by atoms with Crippen LogP contribution in [0.2, 0.25) is 0 Å². The van der Waals surface area contributed by atoms with Crippen LogP contribution in [-0.4, -0.2) is 0 Å². The Kier molecular flexibility index (Phi) is 1.79. The Morgan fingerprint density at radius 3 is 2.73 bits per heavy atom. The summed E-state index contributed by atoms with van der Waals surface area (Å²) in [7, 11) is 0. The molecule has 0 amide bonds. The predicted octanol–water partition coefficient (Wildman–Crippen LogP) is 4.42. The van der Waals surface area contributed by atoms with Gasteiger partial charge in [0.2, 0.25) is 0 Å². The van der Waals surface area contributed by atoms with Gasteiger partial charge in [0.15, 0.2) is 0 Å². The summed E-state index contributed by atoms with van der Waals surface area (Å²) in [5, 5.41) is 0. The lowest BCUT2D eigenvalue weighted by Crippen LogP contribution is -2.31. The highest BCUT2D eigenvalue weighted by Gasteiger charge is 2.61. The van der Waals surface area contributed by atoms with Crippen LogP contribution in [0, 0.1) is 28.6 Å². The first kappa shape index (κ1) is 9.93. The molecule has 0 heterocycles. The van der Waals surface area contributed by atoms with Gasteiger partial charge in [0.05, 0.1) is 0 Å². The Balaban J connectivity index is 2.05. The van der Waals surface area contributed by atoms with Crippen LogP contribution in [-0.2, 0) is 0 Å². The van der Waals surface area contributed by atoms with Crippen molar-refractivity contribution >= 4 is 0 Å². The molecule has 0 saturated heterocycles. The van der Waals surface area contributed by atoms with Crippen molar-refractivity contribution in [2.24, 2.45) is 28.6 Å². The molecule has 0 nitrogen and oxygen atoms in total. The molecule has 0 heteroatoms. The molecule has 0 aliphatic heterocycles. The third-order valence-corrected chi connectivity index (χ3v) is 5.72. The highest BCUT2D eigenvalue weighted by Crippen LogP contribution is 2.70. The number of hydrogen-bond donors (Lipinski definition) is 0. The van der Waals surface area contributed by atoms with Gasteiger partial charge in [-0.25, -0.2) is 0 Å². The van der Waals surface area contributed by atoms with E-state index in [1.54, 1.807) is 5.57 Å². The van der Waals surface area contributed by atoms with Crippen LogP contribution < -0.4 is 0 Å². The molecule has 0 radical (unpaired) electrons. The van der Waals surface area contributed by atoms with Crippen molar-refractivity contribution in [3.63, 3.8) is 0 Å². The SMILES string of the molecule is CC1=CC2CC(C)(C)CC23[C@@H](C)CC[C@@H]13. The van der Waals surface area contributed by atoms with Gasteiger partial charge in [-0.05, 0) is 61.2 Å². The lowest BCUT2D eigenvalue weighted by Gasteiger charge is -2.36. The minimum atomic E-state index is 0.596. The standard InChI is InChI=1S/C15H24/c1-10-7-12-8-14(3,4)9-15(12)11(2)5-6-13(10)15/h7,11-13H,5-6,8-9H2,1-4H3/t11-,12?,13-,15?/m0/s1. The Hall–Kier alpha value is -0.260. The van der Waals surface area contributed by atoms with Crippen molar-refractivity contribution in [1.82, 2.24) is 0 Å². The van der Waals surface area contributed by atoms with Gasteiger partial charge in [-0.3, -0.25) is 0 Å². The lowest BCUT2D eigenvalue weighted by molar-refractivity contribution is 0.135. The molecule has 0 bridgehead atoms. The second kappa shape index (κ2) is 2.70. The number of hydrogen-bond acceptors (Lipinski definition) is 0. The maximum atomic E-state index is 2.63. The fourth-order valence-corrected chi connectivity index (χ4v) is 5.34. The first-order valence-corrected chi connectivity index (χ1v) is 6.64. The Morgan fingerprint density at radius 1 is 1.27 bits per heavy atom. The van der Waals surface area contributed by atoms with Crippen LogP contribution in [0.3, 0.4) is 0 Å². The van der Waals surface area contributed by atoms with Gasteiger partial charge in [0.1, 0.15) is 0 Å². The molecule has 1 spiro atoms. The van der Waals surface area contributed by atoms with Crippen molar-refractivity contribution in [2.45, 2.75) is 53.4 Å². The summed E-state index contributed by atoms with van der Waals surface area (Å²) >= 11 is 0. The molecule has 0 aromatic rings. The highest BCUT2D eigenvalue weighted by molar-refractivity contribution is 5.28. The van der Waals surface area contributed by atoms with E-state index >= 15 is 0 Å². The van der Waals surface area contributed by atoms with Gasteiger partial charge in [-0.15, -0.1) is 0 Å². The van der Waals surface area contributed by atoms with E-state index in [0.29, 0.717) is 10.8 Å². The van der Waals surface area contributed by atoms with Gasteiger partial charge < -0.3 is 0 Å². The Bertz CT molecular complexity index is 323. The second-order valence-corrected chi connectivity index (χ2v) is 7.21. The summed E-state index contributed by atoms with van der Waals surface area (Å²) in [6.45, 7) is 9.85. The van der Waals surface area contributed by atoms with E-state index in [0.717, 1.165) is 17.8 Å². The smallest absolute Gasteiger partial charge is 0.0138 e. The minimum absolute atomic E-state index is 0.596. The van der Waals surface area contributed by atoms with E-state index in [-0.39, 0.29) is 0 Å². The van der Waals surface area contributed by atoms with Crippen LogP contribution in [0.15, 0.2) is 11.6 Å². The van der Waals surface area contributed by atoms with Crippen molar-refractivity contribution in [2.75, 3.05) is 0 Å². The lowest BCUT2D eigenvalue weighted by atomic mass is 9.67. The van der Waals surface area contributed by atoms with E-state index in [1.165, 1.54) is 25.7 Å². The molecule has 2 saturated carbocycles. The maximum Gasteiger partial charge on any atom is -0.0138 e. The predicted molar refractivity (Wildman–Crippen MR) is 64.6 cm³/mol. The molecule has 0 N–H and O–H groups in total. The molecule has 3 aliphatic carbocycles. The molecule has 15 heavy (non-hydrogen) atoms. The quantitative estimate of drug-likeness (QED) is 0.513. The average molecular weight is 204 g/mol. The molecule has 84 valence electrons. The zero-order valence-corrected chi connectivity index (χ0v) is 10.6. The van der Waals surface area contributed by atoms with E-state index in [2.05, 4.69) is 33.8 Å². The summed E-state index contributed by atoms with van der Waals surface area (Å²) < 4.78 is 0. The van der Waals surface area contributed by atoms with Crippen LogP contribution in [0.4, 0.5) is 0 Å². The first-order valence-electron chi connectivity index (χ1n) is 6.64. The third kappa shape index (κ3) is 1.09. The van der Waals surface area contributed by atoms with Crippen LogP contribution in [0.25, 0.3) is 0 Å². The van der Waals surface area contributed by atoms with Gasteiger partial charge >= 0.3 is 0 Å². The monoisotopic (exact) mass is 204 g/mol. The second-order valence-electron chi connectivity index (χ2n) is 7.21. The van der Waals surface area contributed by atoms with E-state index in [9.17, 15) is 0 Å². The van der Waals surface area contributed by atoms with Crippen LogP contribution in [0.1, 0.15) is 53.4 Å². The van der Waals surface area contributed by atoms with E-state index < -0.39 is 0 Å². The van der Waals surface area contributed by atoms with Gasteiger partial charge in [0.25, 0.3) is 0 Å². The fraction of sp³-hybridized carbons (Fsp3) is 0.867. The molecule has 3 aliphatic rings. The van der Waals surface area contributed by atoms with Crippen LogP contribution in [0.5, 0.6) is 0 Å². The molecule has 2 fully saturated rings. The molecule has 3 rings (SSSR count). The van der Waals surface area contributed by atoms with E-state index in [4.69, 9.17) is 0 Å². The minimum Gasteiger partial charge on any atom is -0.0816 e. The first-order chi connectivity index (χ1) is 6.96. The largest absolute Gasteiger partial charge is 0.0816 e. The summed E-state index contributed by atoms with van der Waals surface area (Å²) in [5.41, 5.74) is 3.01. The van der Waals surface area contributed by atoms with E-state index in [1.807, 2.05) is 0 Å². The van der Waals surface area contributed by atoms with Crippen LogP contribution >= 0.6 is 0 Å². The topological polar surface area (TPSA) is 0 Å². The van der Waals surface area contributed by atoms with Gasteiger partial charge in [-0.1, -0.05) is 32.4 Å². The highest BCUT2D eigenvalue weighted by atomic mass is 14.7. The summed E-state index contributed by atoms with van der Waals surface area (Å²) in [6, 6.07) is 0. The Morgan fingerprint density at radius 2 is 2.00 bits per heavy atom. The summed E-state index contributed by atoms with van der Waals surface area (Å²) in [5.74, 6) is 2.82. The zero-order chi connectivity index (χ0) is 10.8. The third-order valence-electron chi connectivity index (χ3n) is 5.72. The van der Waals surface area contributed by atoms with Crippen molar-refractivity contribution in [3.8, 4) is 0 Å². The van der Waals surface area contributed by atoms with Gasteiger partial charge in [-0.2, -0.15) is 0 Å². The molecular weight excluding hydrogens is 180 g/mol. The van der Waals surface area contributed by atoms with Crippen molar-refractivity contribution in [1.29, 1.82) is 0 Å². The zero-order valence-electron chi connectivity index (χ0n) is 10.6. The summed E-state index contributed by atoms with van der Waals surface area (Å²) in [4.78, 5) is 0. The molecule has 0 aromatic heterocycles. The molecule has 4 atom stereocenters. The number of rotatable bonds is 0. The normalized spacial score (nSPS) is 51.5. The van der Waals surface area contributed by atoms with Gasteiger partial charge in [0, 0.05) is 0 Å². The summed E-state index contributed by atoms with van der Waals surface area (Å²) in [6.07, 6.45) is 8.49. The Labute approximate surface area is 94.1 Å². The number of allylic oxidation sites excluding steroid dienone is 2.